The van der Waals surface area contributed by atoms with Crippen molar-refractivity contribution in [1.29, 1.82) is 0 Å². The Kier molecular flexibility index (Phi) is 6.27. The molecule has 0 spiro atoms. The van der Waals surface area contributed by atoms with Crippen LogP contribution in [0.2, 0.25) is 0 Å². The number of likely N-dealkylation sites (N-methyl/N-ethyl adjacent to an activating group) is 1. The molecule has 2 aromatic carbocycles. The molecule has 4 rings (SSSR count). The first-order valence-electron chi connectivity index (χ1n) is 10.3. The average Bonchev–Trinajstić information content (AvgIpc) is 2.70. The first kappa shape index (κ1) is 19.4. The maximum atomic E-state index is 10.8. The molecule has 2 aromatic rings. The lowest BCUT2D eigenvalue weighted by molar-refractivity contribution is -0.0286. The van der Waals surface area contributed by atoms with Gasteiger partial charge in [-0.25, -0.2) is 0 Å². The molecule has 2 aliphatic heterocycles. The molecular weight excluding hydrogens is 350 g/mol. The summed E-state index contributed by atoms with van der Waals surface area (Å²) in [5.41, 5.74) is 1.22. The third-order valence-electron chi connectivity index (χ3n) is 5.92. The second-order valence-corrected chi connectivity index (χ2v) is 8.06. The topological polar surface area (TPSA) is 39.2 Å². The minimum atomic E-state index is -0.277. The number of piperidine rings is 1. The van der Waals surface area contributed by atoms with Crippen LogP contribution in [0.5, 0.6) is 11.5 Å². The summed E-state index contributed by atoms with van der Waals surface area (Å²) in [6.07, 6.45) is 0.756. The Balaban J connectivity index is 1.32. The fourth-order valence-corrected chi connectivity index (χ4v) is 4.30. The predicted octanol–water partition coefficient (Wildman–Crippen LogP) is 2.66. The number of benzene rings is 2. The number of aliphatic hydroxyl groups excluding tert-OH is 1. The van der Waals surface area contributed by atoms with Crippen molar-refractivity contribution >= 4 is 0 Å². The van der Waals surface area contributed by atoms with Crippen LogP contribution in [0.15, 0.2) is 54.6 Å². The molecule has 0 unspecified atom stereocenters. The van der Waals surface area contributed by atoms with Gasteiger partial charge in [-0.05, 0) is 43.3 Å². The third kappa shape index (κ3) is 4.92. The van der Waals surface area contributed by atoms with E-state index in [2.05, 4.69) is 33.9 Å². The van der Waals surface area contributed by atoms with Crippen LogP contribution in [0.1, 0.15) is 12.0 Å². The Labute approximate surface area is 168 Å². The largest absolute Gasteiger partial charge is 0.457 e. The number of ether oxygens (including phenoxy) is 1. The first-order chi connectivity index (χ1) is 13.7. The summed E-state index contributed by atoms with van der Waals surface area (Å²) in [6.45, 7) is 6.94. The Bertz CT molecular complexity index is 747. The SMILES string of the molecule is CN1CCN([C@@H]2CCN(Cc3cccc(Oc4ccccc4)c3)C[C@H]2O)CC1. The zero-order chi connectivity index (χ0) is 19.3. The van der Waals surface area contributed by atoms with Gasteiger partial charge in [0, 0.05) is 51.9 Å². The standard InChI is InChI=1S/C23H31N3O2/c1-24-12-14-26(15-13-24)22-10-11-25(18-23(22)27)17-19-6-5-9-21(16-19)28-20-7-3-2-4-8-20/h2-9,16,22-23,27H,10-15,17-18H2,1H3/t22-,23-/m1/s1. The van der Waals surface area contributed by atoms with E-state index >= 15 is 0 Å². The van der Waals surface area contributed by atoms with Crippen molar-refractivity contribution in [2.75, 3.05) is 46.3 Å². The average molecular weight is 382 g/mol. The smallest absolute Gasteiger partial charge is 0.127 e. The van der Waals surface area contributed by atoms with Crippen molar-refractivity contribution in [3.05, 3.63) is 60.2 Å². The Morgan fingerprint density at radius 1 is 0.929 bits per heavy atom. The van der Waals surface area contributed by atoms with Gasteiger partial charge in [0.2, 0.25) is 0 Å². The lowest BCUT2D eigenvalue weighted by atomic mass is 9.98. The van der Waals surface area contributed by atoms with Gasteiger partial charge in [-0.1, -0.05) is 30.3 Å². The number of hydrogen-bond acceptors (Lipinski definition) is 5. The van der Waals surface area contributed by atoms with Crippen LogP contribution in [0.25, 0.3) is 0 Å². The van der Waals surface area contributed by atoms with E-state index < -0.39 is 0 Å². The molecule has 2 saturated heterocycles. The Morgan fingerprint density at radius 2 is 1.68 bits per heavy atom. The first-order valence-corrected chi connectivity index (χ1v) is 10.3. The lowest BCUT2D eigenvalue weighted by Crippen LogP contribution is -2.58. The number of β-amino-alcohol motifs (C(OH)–C–C–N with tert-alkyl or cyclic N) is 1. The number of likely N-dealkylation sites (tertiary alicyclic amines) is 1. The second-order valence-electron chi connectivity index (χ2n) is 8.06. The van der Waals surface area contributed by atoms with E-state index in [1.165, 1.54) is 5.56 Å². The second kappa shape index (κ2) is 9.05. The molecule has 2 heterocycles. The molecule has 2 atom stereocenters. The van der Waals surface area contributed by atoms with Gasteiger partial charge >= 0.3 is 0 Å². The van der Waals surface area contributed by atoms with Crippen molar-refractivity contribution in [1.82, 2.24) is 14.7 Å². The maximum Gasteiger partial charge on any atom is 0.127 e. The minimum Gasteiger partial charge on any atom is -0.457 e. The molecule has 2 fully saturated rings. The van der Waals surface area contributed by atoms with E-state index in [1.807, 2.05) is 42.5 Å². The normalized spacial score (nSPS) is 24.9. The van der Waals surface area contributed by atoms with Crippen molar-refractivity contribution in [3.63, 3.8) is 0 Å². The summed E-state index contributed by atoms with van der Waals surface area (Å²) in [5, 5.41) is 10.8. The van der Waals surface area contributed by atoms with Gasteiger partial charge in [-0.3, -0.25) is 9.80 Å². The Morgan fingerprint density at radius 3 is 2.43 bits per heavy atom. The van der Waals surface area contributed by atoms with Crippen molar-refractivity contribution in [2.45, 2.75) is 25.1 Å². The monoisotopic (exact) mass is 381 g/mol. The molecule has 0 saturated carbocycles. The maximum absolute atomic E-state index is 10.8. The molecular formula is C23H31N3O2. The van der Waals surface area contributed by atoms with Gasteiger partial charge in [0.05, 0.1) is 6.10 Å². The zero-order valence-electron chi connectivity index (χ0n) is 16.7. The number of para-hydroxylation sites is 1. The van der Waals surface area contributed by atoms with Crippen LogP contribution in [0.4, 0.5) is 0 Å². The van der Waals surface area contributed by atoms with Crippen LogP contribution in [-0.2, 0) is 6.54 Å². The third-order valence-corrected chi connectivity index (χ3v) is 5.92. The van der Waals surface area contributed by atoms with Crippen LogP contribution in [0, 0.1) is 0 Å². The molecule has 5 heteroatoms. The fraction of sp³-hybridized carbons (Fsp3) is 0.478. The highest BCUT2D eigenvalue weighted by Gasteiger charge is 2.33. The van der Waals surface area contributed by atoms with E-state index in [0.717, 1.165) is 63.7 Å². The van der Waals surface area contributed by atoms with E-state index in [-0.39, 0.29) is 6.10 Å². The summed E-state index contributed by atoms with van der Waals surface area (Å²) in [7, 11) is 2.17. The molecule has 150 valence electrons. The number of hydrogen-bond donors (Lipinski definition) is 1. The summed E-state index contributed by atoms with van der Waals surface area (Å²) >= 11 is 0. The number of aliphatic hydroxyl groups is 1. The highest BCUT2D eigenvalue weighted by atomic mass is 16.5. The Hall–Kier alpha value is -1.92. The number of rotatable bonds is 5. The van der Waals surface area contributed by atoms with Crippen molar-refractivity contribution in [2.24, 2.45) is 0 Å². The molecule has 5 nitrogen and oxygen atoms in total. The van der Waals surface area contributed by atoms with E-state index in [4.69, 9.17) is 4.74 Å². The van der Waals surface area contributed by atoms with Gasteiger partial charge in [0.15, 0.2) is 0 Å². The molecule has 0 aliphatic carbocycles. The molecule has 2 aliphatic rings. The summed E-state index contributed by atoms with van der Waals surface area (Å²) in [5.74, 6) is 1.71. The molecule has 0 amide bonds. The van der Waals surface area contributed by atoms with Crippen LogP contribution >= 0.6 is 0 Å². The number of piperazine rings is 1. The van der Waals surface area contributed by atoms with Gasteiger partial charge in [-0.2, -0.15) is 0 Å². The summed E-state index contributed by atoms with van der Waals surface area (Å²) in [6, 6.07) is 18.4. The summed E-state index contributed by atoms with van der Waals surface area (Å²) in [4.78, 5) is 7.21. The molecule has 0 aromatic heterocycles. The van der Waals surface area contributed by atoms with Crippen LogP contribution < -0.4 is 4.74 Å². The van der Waals surface area contributed by atoms with E-state index in [9.17, 15) is 5.11 Å². The van der Waals surface area contributed by atoms with Crippen molar-refractivity contribution in [3.8, 4) is 11.5 Å². The van der Waals surface area contributed by atoms with Crippen LogP contribution in [-0.4, -0.2) is 78.3 Å². The molecule has 28 heavy (non-hydrogen) atoms. The van der Waals surface area contributed by atoms with Crippen molar-refractivity contribution < 1.29 is 9.84 Å². The van der Waals surface area contributed by atoms with E-state index in [0.29, 0.717) is 6.04 Å². The van der Waals surface area contributed by atoms with Gasteiger partial charge < -0.3 is 14.7 Å². The molecule has 0 bridgehead atoms. The van der Waals surface area contributed by atoms with Gasteiger partial charge in [-0.15, -0.1) is 0 Å². The zero-order valence-corrected chi connectivity index (χ0v) is 16.7. The predicted molar refractivity (Wildman–Crippen MR) is 112 cm³/mol. The number of nitrogens with zero attached hydrogens (tertiary/aromatic N) is 3. The molecule has 0 radical (unpaired) electrons. The highest BCUT2D eigenvalue weighted by molar-refractivity contribution is 5.33. The highest BCUT2D eigenvalue weighted by Crippen LogP contribution is 2.24. The quantitative estimate of drug-likeness (QED) is 0.862. The van der Waals surface area contributed by atoms with Gasteiger partial charge in [0.25, 0.3) is 0 Å². The van der Waals surface area contributed by atoms with Crippen LogP contribution in [0.3, 0.4) is 0 Å². The summed E-state index contributed by atoms with van der Waals surface area (Å²) < 4.78 is 5.96. The fourth-order valence-electron chi connectivity index (χ4n) is 4.30. The lowest BCUT2D eigenvalue weighted by Gasteiger charge is -2.44. The van der Waals surface area contributed by atoms with Gasteiger partial charge in [0.1, 0.15) is 11.5 Å². The molecule has 1 N–H and O–H groups in total. The van der Waals surface area contributed by atoms with E-state index in [1.54, 1.807) is 0 Å². The minimum absolute atomic E-state index is 0.277.